The Labute approximate surface area is 192 Å². The molecular formula is C22H22BCl2FN4O. The molecule has 0 bridgehead atoms. The number of hydrogen-bond donors (Lipinski definition) is 1. The van der Waals surface area contributed by atoms with Gasteiger partial charge in [0.05, 0.1) is 22.4 Å². The molecule has 4 rings (SSSR count). The van der Waals surface area contributed by atoms with Crippen molar-refractivity contribution in [3.63, 3.8) is 0 Å². The molecule has 0 spiro atoms. The summed E-state index contributed by atoms with van der Waals surface area (Å²) in [6, 6.07) is 10.5. The van der Waals surface area contributed by atoms with Crippen molar-refractivity contribution in [2.45, 2.75) is 31.9 Å². The normalized spacial score (nSPS) is 16.4. The molecule has 0 amide bonds. The zero-order valence-corrected chi connectivity index (χ0v) is 18.6. The topological polar surface area (TPSA) is 56.3 Å². The minimum Gasteiger partial charge on any atom is -0.484 e. The van der Waals surface area contributed by atoms with Crippen LogP contribution in [0.4, 0.5) is 10.1 Å². The molecule has 2 N–H and O–H groups in total. The van der Waals surface area contributed by atoms with Crippen molar-refractivity contribution in [3.05, 3.63) is 64.0 Å². The van der Waals surface area contributed by atoms with Gasteiger partial charge in [-0.2, -0.15) is 5.10 Å². The maximum atomic E-state index is 13.9. The van der Waals surface area contributed by atoms with Gasteiger partial charge in [-0.3, -0.25) is 4.68 Å². The number of aromatic nitrogens is 2. The van der Waals surface area contributed by atoms with Crippen LogP contribution in [0.25, 0.3) is 11.3 Å². The van der Waals surface area contributed by atoms with E-state index in [0.29, 0.717) is 28.1 Å². The van der Waals surface area contributed by atoms with Crippen LogP contribution in [0.2, 0.25) is 10.0 Å². The molecule has 1 aliphatic rings. The number of piperidine rings is 1. The molecule has 0 saturated carbocycles. The van der Waals surface area contributed by atoms with Crippen LogP contribution in [0.1, 0.15) is 37.5 Å². The lowest BCUT2D eigenvalue weighted by atomic mass is 10.0. The SMILES string of the molecule is [B]N1CCC(n2ccc(-c3ccc(N)c(O[C@@H](C)c4cc(F)c(Cl)cc4Cl)c3)n2)CC1. The Hall–Kier alpha value is -2.22. The van der Waals surface area contributed by atoms with E-state index in [0.717, 1.165) is 37.2 Å². The zero-order valence-electron chi connectivity index (χ0n) is 17.1. The number of anilines is 1. The molecule has 1 aliphatic heterocycles. The Bertz CT molecular complexity index is 1090. The monoisotopic (exact) mass is 458 g/mol. The molecule has 1 atom stereocenters. The highest BCUT2D eigenvalue weighted by molar-refractivity contribution is 6.35. The summed E-state index contributed by atoms with van der Waals surface area (Å²) in [6.07, 6.45) is 3.38. The molecule has 3 aromatic rings. The summed E-state index contributed by atoms with van der Waals surface area (Å²) in [7, 11) is 5.85. The summed E-state index contributed by atoms with van der Waals surface area (Å²) in [5, 5.41) is 5.05. The minimum absolute atomic E-state index is 0.0322. The predicted molar refractivity (Wildman–Crippen MR) is 123 cm³/mol. The fraction of sp³-hybridized carbons (Fsp3) is 0.318. The van der Waals surface area contributed by atoms with Crippen molar-refractivity contribution in [1.29, 1.82) is 0 Å². The first-order chi connectivity index (χ1) is 14.8. The van der Waals surface area contributed by atoms with Crippen LogP contribution in [0.3, 0.4) is 0 Å². The Kier molecular flexibility index (Phi) is 6.46. The molecule has 5 nitrogen and oxygen atoms in total. The van der Waals surface area contributed by atoms with E-state index in [2.05, 4.69) is 0 Å². The Morgan fingerprint density at radius 3 is 2.65 bits per heavy atom. The van der Waals surface area contributed by atoms with Gasteiger partial charge in [0, 0.05) is 22.3 Å². The average molecular weight is 459 g/mol. The van der Waals surface area contributed by atoms with Gasteiger partial charge in [0.25, 0.3) is 0 Å². The third-order valence-electron chi connectivity index (χ3n) is 5.57. The highest BCUT2D eigenvalue weighted by atomic mass is 35.5. The molecule has 9 heteroatoms. The van der Waals surface area contributed by atoms with E-state index in [4.69, 9.17) is 46.8 Å². The Morgan fingerprint density at radius 2 is 1.90 bits per heavy atom. The van der Waals surface area contributed by atoms with Gasteiger partial charge in [-0.15, -0.1) is 0 Å². The van der Waals surface area contributed by atoms with E-state index >= 15 is 0 Å². The molecule has 1 aromatic heterocycles. The van der Waals surface area contributed by atoms with E-state index in [1.807, 2.05) is 33.9 Å². The van der Waals surface area contributed by atoms with Gasteiger partial charge < -0.3 is 15.3 Å². The van der Waals surface area contributed by atoms with E-state index in [9.17, 15) is 4.39 Å². The summed E-state index contributed by atoms with van der Waals surface area (Å²) in [6.45, 7) is 3.48. The maximum Gasteiger partial charge on any atom is 0.182 e. The molecular weight excluding hydrogens is 437 g/mol. The van der Waals surface area contributed by atoms with Crippen molar-refractivity contribution in [1.82, 2.24) is 14.6 Å². The number of ether oxygens (including phenoxy) is 1. The number of nitrogen functional groups attached to an aromatic ring is 1. The zero-order chi connectivity index (χ0) is 22.1. The average Bonchev–Trinajstić information content (AvgIpc) is 3.23. The number of rotatable bonds is 5. The second kappa shape index (κ2) is 9.11. The van der Waals surface area contributed by atoms with Crippen molar-refractivity contribution in [3.8, 4) is 17.0 Å². The maximum absolute atomic E-state index is 13.9. The van der Waals surface area contributed by atoms with Gasteiger partial charge >= 0.3 is 0 Å². The lowest BCUT2D eigenvalue weighted by Gasteiger charge is -2.29. The fourth-order valence-electron chi connectivity index (χ4n) is 3.74. The van der Waals surface area contributed by atoms with Crippen LogP contribution in [-0.2, 0) is 0 Å². The molecule has 2 heterocycles. The van der Waals surface area contributed by atoms with Gasteiger partial charge in [-0.05, 0) is 63.2 Å². The summed E-state index contributed by atoms with van der Waals surface area (Å²) in [4.78, 5) is 1.84. The summed E-state index contributed by atoms with van der Waals surface area (Å²) < 4.78 is 21.9. The first kappa shape index (κ1) is 22.0. The molecule has 160 valence electrons. The third kappa shape index (κ3) is 4.84. The number of hydrogen-bond acceptors (Lipinski definition) is 4. The lowest BCUT2D eigenvalue weighted by molar-refractivity contribution is 0.228. The van der Waals surface area contributed by atoms with E-state index in [1.54, 1.807) is 13.0 Å². The van der Waals surface area contributed by atoms with Gasteiger partial charge in [0.1, 0.15) is 17.7 Å². The second-order valence-electron chi connectivity index (χ2n) is 7.75. The fourth-order valence-corrected chi connectivity index (χ4v) is 4.28. The molecule has 2 radical (unpaired) electrons. The van der Waals surface area contributed by atoms with Crippen molar-refractivity contribution >= 4 is 36.9 Å². The Morgan fingerprint density at radius 1 is 1.16 bits per heavy atom. The molecule has 1 fully saturated rings. The van der Waals surface area contributed by atoms with Gasteiger partial charge in [0.2, 0.25) is 0 Å². The largest absolute Gasteiger partial charge is 0.484 e. The summed E-state index contributed by atoms with van der Waals surface area (Å²) >= 11 is 12.0. The standard InChI is InChI=1S/C22H22BCl2FN4O/c1-13(16-11-19(26)18(25)12-17(16)24)31-22-10-14(2-3-20(22)27)21-6-9-30(28-21)15-4-7-29(23)8-5-15/h2-3,6,9-13,15H,4-5,7-8,27H2,1H3/t13-/m0/s1. The van der Waals surface area contributed by atoms with Crippen LogP contribution in [0.5, 0.6) is 5.75 Å². The predicted octanol–water partition coefficient (Wildman–Crippen LogP) is 5.44. The highest BCUT2D eigenvalue weighted by Crippen LogP contribution is 2.35. The van der Waals surface area contributed by atoms with Crippen LogP contribution in [0.15, 0.2) is 42.6 Å². The number of nitrogens with zero attached hydrogens (tertiary/aromatic N) is 3. The van der Waals surface area contributed by atoms with Crippen molar-refractivity contribution < 1.29 is 9.13 Å². The minimum atomic E-state index is -0.552. The van der Waals surface area contributed by atoms with E-state index < -0.39 is 11.9 Å². The lowest BCUT2D eigenvalue weighted by Crippen LogP contribution is -2.32. The Balaban J connectivity index is 1.55. The van der Waals surface area contributed by atoms with E-state index in [1.165, 1.54) is 12.1 Å². The van der Waals surface area contributed by atoms with Gasteiger partial charge in [-0.25, -0.2) is 4.39 Å². The van der Waals surface area contributed by atoms with Crippen LogP contribution in [0, 0.1) is 5.82 Å². The number of benzene rings is 2. The quantitative estimate of drug-likeness (QED) is 0.314. The van der Waals surface area contributed by atoms with Crippen molar-refractivity contribution in [2.24, 2.45) is 0 Å². The first-order valence-electron chi connectivity index (χ1n) is 10.1. The van der Waals surface area contributed by atoms with E-state index in [-0.39, 0.29) is 5.02 Å². The number of halogens is 3. The smallest absolute Gasteiger partial charge is 0.182 e. The summed E-state index contributed by atoms with van der Waals surface area (Å²) in [5.74, 6) is -0.0772. The molecule has 0 unspecified atom stereocenters. The van der Waals surface area contributed by atoms with Crippen molar-refractivity contribution in [2.75, 3.05) is 18.8 Å². The van der Waals surface area contributed by atoms with Crippen LogP contribution >= 0.6 is 23.2 Å². The molecule has 0 aliphatic carbocycles. The highest BCUT2D eigenvalue weighted by Gasteiger charge is 2.20. The van der Waals surface area contributed by atoms with Gasteiger partial charge in [-0.1, -0.05) is 29.3 Å². The summed E-state index contributed by atoms with van der Waals surface area (Å²) in [5.41, 5.74) is 8.78. The van der Waals surface area contributed by atoms with Gasteiger partial charge in [0.15, 0.2) is 7.98 Å². The molecule has 2 aromatic carbocycles. The molecule has 31 heavy (non-hydrogen) atoms. The number of nitrogens with two attached hydrogens (primary N) is 1. The third-order valence-corrected chi connectivity index (χ3v) is 6.19. The first-order valence-corrected chi connectivity index (χ1v) is 10.8. The van der Waals surface area contributed by atoms with Crippen LogP contribution < -0.4 is 10.5 Å². The molecule has 1 saturated heterocycles. The van der Waals surface area contributed by atoms with Crippen LogP contribution in [-0.4, -0.2) is 35.7 Å². The second-order valence-corrected chi connectivity index (χ2v) is 8.56.